The average molecular weight is 367 g/mol. The molecule has 2 aromatic heterocycles. The van der Waals surface area contributed by atoms with Crippen molar-refractivity contribution in [2.24, 2.45) is 0 Å². The zero-order valence-corrected chi connectivity index (χ0v) is 15.2. The van der Waals surface area contributed by atoms with E-state index in [9.17, 15) is 4.79 Å². The molecule has 134 valence electrons. The second-order valence-electron chi connectivity index (χ2n) is 5.83. The highest BCUT2D eigenvalue weighted by Crippen LogP contribution is 2.21. The zero-order valence-electron chi connectivity index (χ0n) is 14.4. The van der Waals surface area contributed by atoms with E-state index >= 15 is 0 Å². The van der Waals surface area contributed by atoms with Crippen LogP contribution in [0.2, 0.25) is 0 Å². The normalized spacial score (nSPS) is 11.1. The SMILES string of the molecule is O=C(/C=C/c1ccccc1)NCCCCCc1nc(-c2cccs2)no1. The van der Waals surface area contributed by atoms with E-state index in [1.165, 1.54) is 0 Å². The van der Waals surface area contributed by atoms with E-state index < -0.39 is 0 Å². The van der Waals surface area contributed by atoms with Crippen LogP contribution in [0.15, 0.2) is 58.4 Å². The van der Waals surface area contributed by atoms with Crippen LogP contribution < -0.4 is 5.32 Å². The summed E-state index contributed by atoms with van der Waals surface area (Å²) in [4.78, 5) is 17.2. The molecule has 0 saturated heterocycles. The number of hydrogen-bond donors (Lipinski definition) is 1. The molecule has 0 aliphatic carbocycles. The molecule has 0 radical (unpaired) electrons. The van der Waals surface area contributed by atoms with E-state index in [1.54, 1.807) is 17.4 Å². The van der Waals surface area contributed by atoms with Gasteiger partial charge in [0.15, 0.2) is 0 Å². The Morgan fingerprint density at radius 1 is 1.12 bits per heavy atom. The van der Waals surface area contributed by atoms with Gasteiger partial charge in [-0.05, 0) is 35.9 Å². The summed E-state index contributed by atoms with van der Waals surface area (Å²) >= 11 is 1.60. The number of nitrogens with one attached hydrogen (secondary N) is 1. The van der Waals surface area contributed by atoms with Gasteiger partial charge in [-0.25, -0.2) is 0 Å². The van der Waals surface area contributed by atoms with Gasteiger partial charge in [-0.3, -0.25) is 4.79 Å². The molecule has 0 unspecified atom stereocenters. The van der Waals surface area contributed by atoms with Crippen LogP contribution in [0.25, 0.3) is 16.8 Å². The van der Waals surface area contributed by atoms with Gasteiger partial charge in [-0.2, -0.15) is 4.98 Å². The molecule has 3 rings (SSSR count). The van der Waals surface area contributed by atoms with Crippen LogP contribution in [0, 0.1) is 0 Å². The topological polar surface area (TPSA) is 68.0 Å². The number of aryl methyl sites for hydroxylation is 1. The van der Waals surface area contributed by atoms with Gasteiger partial charge in [0.25, 0.3) is 0 Å². The van der Waals surface area contributed by atoms with Gasteiger partial charge >= 0.3 is 0 Å². The Morgan fingerprint density at radius 2 is 2.00 bits per heavy atom. The van der Waals surface area contributed by atoms with Gasteiger partial charge in [0, 0.05) is 19.0 Å². The van der Waals surface area contributed by atoms with Gasteiger partial charge in [-0.15, -0.1) is 11.3 Å². The maximum atomic E-state index is 11.8. The van der Waals surface area contributed by atoms with E-state index in [2.05, 4.69) is 15.5 Å². The van der Waals surface area contributed by atoms with E-state index in [0.29, 0.717) is 18.3 Å². The van der Waals surface area contributed by atoms with Gasteiger partial charge in [0.1, 0.15) is 0 Å². The summed E-state index contributed by atoms with van der Waals surface area (Å²) in [5, 5.41) is 8.90. The lowest BCUT2D eigenvalue weighted by molar-refractivity contribution is -0.116. The van der Waals surface area contributed by atoms with Crippen LogP contribution in [0.1, 0.15) is 30.7 Å². The summed E-state index contributed by atoms with van der Waals surface area (Å²) in [7, 11) is 0. The predicted octanol–water partition coefficient (Wildman–Crippen LogP) is 4.34. The maximum Gasteiger partial charge on any atom is 0.243 e. The average Bonchev–Trinajstić information content (AvgIpc) is 3.35. The molecule has 0 bridgehead atoms. The summed E-state index contributed by atoms with van der Waals surface area (Å²) in [5.41, 5.74) is 1.02. The molecule has 0 aliphatic heterocycles. The summed E-state index contributed by atoms with van der Waals surface area (Å²) < 4.78 is 5.27. The molecule has 1 amide bonds. The molecule has 0 atom stereocenters. The van der Waals surface area contributed by atoms with Gasteiger partial charge < -0.3 is 9.84 Å². The Labute approximate surface area is 156 Å². The number of unbranched alkanes of at least 4 members (excludes halogenated alkanes) is 2. The van der Waals surface area contributed by atoms with Crippen LogP contribution in [0.3, 0.4) is 0 Å². The standard InChI is InChI=1S/C20H21N3O2S/c24-18(13-12-16-8-3-1-4-9-16)21-14-6-2-5-11-19-22-20(23-25-19)17-10-7-15-26-17/h1,3-4,7-10,12-13,15H,2,5-6,11,14H2,(H,21,24)/b13-12+. The molecule has 3 aromatic rings. The van der Waals surface area contributed by atoms with Crippen LogP contribution in [0.4, 0.5) is 0 Å². The van der Waals surface area contributed by atoms with E-state index in [0.717, 1.165) is 36.1 Å². The molecule has 0 fully saturated rings. The fraction of sp³-hybridized carbons (Fsp3) is 0.250. The number of carbonyl (C=O) groups excluding carboxylic acids is 1. The highest BCUT2D eigenvalue weighted by molar-refractivity contribution is 7.13. The number of carbonyl (C=O) groups is 1. The minimum Gasteiger partial charge on any atom is -0.353 e. The zero-order chi connectivity index (χ0) is 18.0. The maximum absolute atomic E-state index is 11.8. The van der Waals surface area contributed by atoms with Crippen molar-refractivity contribution >= 4 is 23.3 Å². The van der Waals surface area contributed by atoms with E-state index in [4.69, 9.17) is 4.52 Å². The molecule has 0 saturated carbocycles. The largest absolute Gasteiger partial charge is 0.353 e. The summed E-state index contributed by atoms with van der Waals surface area (Å²) in [6.07, 6.45) is 7.04. The third-order valence-corrected chi connectivity index (χ3v) is 4.67. The van der Waals surface area contributed by atoms with Gasteiger partial charge in [0.2, 0.25) is 17.6 Å². The Kier molecular flexibility index (Phi) is 6.73. The summed E-state index contributed by atoms with van der Waals surface area (Å²) in [6.45, 7) is 0.669. The van der Waals surface area contributed by atoms with Gasteiger partial charge in [0.05, 0.1) is 4.88 Å². The van der Waals surface area contributed by atoms with E-state index in [1.807, 2.05) is 53.9 Å². The predicted molar refractivity (Wildman–Crippen MR) is 104 cm³/mol. The first-order valence-electron chi connectivity index (χ1n) is 8.69. The Hall–Kier alpha value is -2.73. The van der Waals surface area contributed by atoms with Crippen molar-refractivity contribution in [3.63, 3.8) is 0 Å². The number of nitrogens with zero attached hydrogens (tertiary/aromatic N) is 2. The Balaban J connectivity index is 1.29. The van der Waals surface area contributed by atoms with Crippen molar-refractivity contribution in [1.82, 2.24) is 15.5 Å². The molecule has 6 heteroatoms. The molecule has 26 heavy (non-hydrogen) atoms. The number of thiophene rings is 1. The second-order valence-corrected chi connectivity index (χ2v) is 6.78. The van der Waals surface area contributed by atoms with Crippen molar-refractivity contribution in [1.29, 1.82) is 0 Å². The van der Waals surface area contributed by atoms with Crippen LogP contribution in [-0.2, 0) is 11.2 Å². The fourth-order valence-corrected chi connectivity index (χ4v) is 3.10. The smallest absolute Gasteiger partial charge is 0.243 e. The molecule has 1 N–H and O–H groups in total. The molecule has 0 aliphatic rings. The highest BCUT2D eigenvalue weighted by Gasteiger charge is 2.08. The molecular weight excluding hydrogens is 346 g/mol. The lowest BCUT2D eigenvalue weighted by Crippen LogP contribution is -2.21. The van der Waals surface area contributed by atoms with Crippen LogP contribution in [-0.4, -0.2) is 22.6 Å². The first kappa shape index (κ1) is 18.1. The van der Waals surface area contributed by atoms with Crippen molar-refractivity contribution < 1.29 is 9.32 Å². The Bertz CT molecular complexity index is 826. The fourth-order valence-electron chi connectivity index (χ4n) is 2.45. The molecule has 2 heterocycles. The Morgan fingerprint density at radius 3 is 2.81 bits per heavy atom. The highest BCUT2D eigenvalue weighted by atomic mass is 32.1. The number of benzene rings is 1. The quantitative estimate of drug-likeness (QED) is 0.451. The van der Waals surface area contributed by atoms with Crippen LogP contribution in [0.5, 0.6) is 0 Å². The minimum atomic E-state index is -0.0636. The second kappa shape index (κ2) is 9.68. The van der Waals surface area contributed by atoms with Crippen molar-refractivity contribution in [2.75, 3.05) is 6.54 Å². The van der Waals surface area contributed by atoms with E-state index in [-0.39, 0.29) is 5.91 Å². The summed E-state index contributed by atoms with van der Waals surface area (Å²) in [5.74, 6) is 1.27. The number of hydrogen-bond acceptors (Lipinski definition) is 5. The molecule has 5 nitrogen and oxygen atoms in total. The van der Waals surface area contributed by atoms with Crippen molar-refractivity contribution in [3.05, 3.63) is 65.4 Å². The number of rotatable bonds is 9. The lowest BCUT2D eigenvalue weighted by atomic mass is 10.2. The molecular formula is C20H21N3O2S. The van der Waals surface area contributed by atoms with Crippen molar-refractivity contribution in [3.8, 4) is 10.7 Å². The number of aromatic nitrogens is 2. The first-order valence-corrected chi connectivity index (χ1v) is 9.56. The molecule has 0 spiro atoms. The monoisotopic (exact) mass is 367 g/mol. The van der Waals surface area contributed by atoms with Gasteiger partial charge in [-0.1, -0.05) is 48.0 Å². The molecule has 1 aromatic carbocycles. The first-order chi connectivity index (χ1) is 12.8. The van der Waals surface area contributed by atoms with Crippen molar-refractivity contribution in [2.45, 2.75) is 25.7 Å². The summed E-state index contributed by atoms with van der Waals surface area (Å²) in [6, 6.07) is 13.7. The third-order valence-electron chi connectivity index (χ3n) is 3.80. The third kappa shape index (κ3) is 5.67. The minimum absolute atomic E-state index is 0.0636. The van der Waals surface area contributed by atoms with Crippen LogP contribution >= 0.6 is 11.3 Å². The number of amides is 1. The lowest BCUT2D eigenvalue weighted by Gasteiger charge is -2.01.